The maximum Gasteiger partial charge on any atom is 0.253 e. The smallest absolute Gasteiger partial charge is 0.253 e. The number of rotatable bonds is 4. The molecule has 110 valence electrons. The first-order chi connectivity index (χ1) is 10.0. The summed E-state index contributed by atoms with van der Waals surface area (Å²) < 4.78 is 0. The van der Waals surface area contributed by atoms with Crippen molar-refractivity contribution in [3.8, 4) is 0 Å². The molecular weight excluding hydrogens is 262 g/mol. The van der Waals surface area contributed by atoms with E-state index in [0.29, 0.717) is 11.3 Å². The van der Waals surface area contributed by atoms with E-state index in [2.05, 4.69) is 24.4 Å². The number of aryl methyl sites for hydroxylation is 1. The molecule has 2 aromatic rings. The van der Waals surface area contributed by atoms with Gasteiger partial charge in [-0.15, -0.1) is 0 Å². The van der Waals surface area contributed by atoms with Crippen LogP contribution in [0.4, 0.5) is 17.1 Å². The topological polar surface area (TPSA) is 58.4 Å². The number of nitrogen functional groups attached to an aromatic ring is 1. The van der Waals surface area contributed by atoms with Gasteiger partial charge in [0.25, 0.3) is 5.91 Å². The van der Waals surface area contributed by atoms with E-state index in [0.717, 1.165) is 17.8 Å². The monoisotopic (exact) mass is 283 g/mol. The van der Waals surface area contributed by atoms with E-state index < -0.39 is 0 Å². The summed E-state index contributed by atoms with van der Waals surface area (Å²) in [7, 11) is 3.47. The average molecular weight is 283 g/mol. The van der Waals surface area contributed by atoms with E-state index in [-0.39, 0.29) is 5.91 Å². The molecule has 0 aliphatic rings. The molecule has 4 heteroatoms. The van der Waals surface area contributed by atoms with Crippen LogP contribution in [0.3, 0.4) is 0 Å². The Balaban J connectivity index is 2.30. The van der Waals surface area contributed by atoms with Crippen molar-refractivity contribution in [1.29, 1.82) is 0 Å². The Morgan fingerprint density at radius 2 is 1.95 bits per heavy atom. The average Bonchev–Trinajstić information content (AvgIpc) is 2.49. The van der Waals surface area contributed by atoms with Gasteiger partial charge in [-0.1, -0.05) is 19.1 Å². The van der Waals surface area contributed by atoms with Crippen molar-refractivity contribution < 1.29 is 4.79 Å². The highest BCUT2D eigenvalue weighted by Crippen LogP contribution is 2.25. The third-order valence-electron chi connectivity index (χ3n) is 3.32. The summed E-state index contributed by atoms with van der Waals surface area (Å²) in [4.78, 5) is 13.6. The molecule has 0 spiro atoms. The first-order valence-corrected chi connectivity index (χ1v) is 6.98. The van der Waals surface area contributed by atoms with Gasteiger partial charge in [0.05, 0.1) is 11.4 Å². The van der Waals surface area contributed by atoms with Crippen molar-refractivity contribution in [2.24, 2.45) is 0 Å². The van der Waals surface area contributed by atoms with E-state index in [1.807, 2.05) is 12.1 Å². The van der Waals surface area contributed by atoms with Crippen LogP contribution in [0.15, 0.2) is 42.5 Å². The van der Waals surface area contributed by atoms with E-state index in [9.17, 15) is 4.79 Å². The molecule has 0 heterocycles. The van der Waals surface area contributed by atoms with Gasteiger partial charge in [0.15, 0.2) is 0 Å². The fraction of sp³-hybridized carbons (Fsp3) is 0.235. The first-order valence-electron chi connectivity index (χ1n) is 6.98. The summed E-state index contributed by atoms with van der Waals surface area (Å²) >= 11 is 0. The SMILES string of the molecule is CCc1cccc(Nc2cc(C(=O)N(C)C)ccc2N)c1. The van der Waals surface area contributed by atoms with E-state index in [1.54, 1.807) is 37.2 Å². The van der Waals surface area contributed by atoms with Crippen LogP contribution in [-0.4, -0.2) is 24.9 Å². The highest BCUT2D eigenvalue weighted by atomic mass is 16.2. The number of nitrogens with one attached hydrogen (secondary N) is 1. The van der Waals surface area contributed by atoms with Crippen LogP contribution in [0, 0.1) is 0 Å². The van der Waals surface area contributed by atoms with Crippen molar-refractivity contribution >= 4 is 23.0 Å². The highest BCUT2D eigenvalue weighted by Gasteiger charge is 2.10. The van der Waals surface area contributed by atoms with E-state index >= 15 is 0 Å². The van der Waals surface area contributed by atoms with Gasteiger partial charge in [0.1, 0.15) is 0 Å². The van der Waals surface area contributed by atoms with E-state index in [4.69, 9.17) is 5.73 Å². The molecule has 4 nitrogen and oxygen atoms in total. The molecule has 0 aliphatic heterocycles. The zero-order valence-electron chi connectivity index (χ0n) is 12.7. The lowest BCUT2D eigenvalue weighted by molar-refractivity contribution is 0.0827. The second-order valence-electron chi connectivity index (χ2n) is 5.18. The van der Waals surface area contributed by atoms with Gasteiger partial charge in [0, 0.05) is 25.3 Å². The Kier molecular flexibility index (Phi) is 4.48. The summed E-state index contributed by atoms with van der Waals surface area (Å²) in [6.07, 6.45) is 0.976. The third-order valence-corrected chi connectivity index (χ3v) is 3.32. The fourth-order valence-corrected chi connectivity index (χ4v) is 2.08. The lowest BCUT2D eigenvalue weighted by Gasteiger charge is -2.14. The van der Waals surface area contributed by atoms with Crippen molar-refractivity contribution in [2.45, 2.75) is 13.3 Å². The number of benzene rings is 2. The number of anilines is 3. The molecule has 0 unspecified atom stereocenters. The van der Waals surface area contributed by atoms with Crippen LogP contribution in [0.25, 0.3) is 0 Å². The molecule has 0 saturated heterocycles. The standard InChI is InChI=1S/C17H21N3O/c1-4-12-6-5-7-14(10-12)19-16-11-13(8-9-15(16)18)17(21)20(2)3/h5-11,19H,4,18H2,1-3H3. The number of nitrogens with two attached hydrogens (primary N) is 1. The van der Waals surface area contributed by atoms with Gasteiger partial charge in [0.2, 0.25) is 0 Å². The number of hydrogen-bond donors (Lipinski definition) is 2. The summed E-state index contributed by atoms with van der Waals surface area (Å²) in [5, 5.41) is 3.29. The second-order valence-corrected chi connectivity index (χ2v) is 5.18. The number of hydrogen-bond acceptors (Lipinski definition) is 3. The molecule has 3 N–H and O–H groups in total. The molecule has 2 aromatic carbocycles. The van der Waals surface area contributed by atoms with Crippen molar-refractivity contribution in [2.75, 3.05) is 25.1 Å². The van der Waals surface area contributed by atoms with Crippen LogP contribution >= 0.6 is 0 Å². The quantitative estimate of drug-likeness (QED) is 0.847. The number of carbonyl (C=O) groups excluding carboxylic acids is 1. The predicted octanol–water partition coefficient (Wildman–Crippen LogP) is 3.28. The summed E-state index contributed by atoms with van der Waals surface area (Å²) in [5.74, 6) is -0.0413. The highest BCUT2D eigenvalue weighted by molar-refractivity contribution is 5.96. The molecule has 0 bridgehead atoms. The van der Waals surface area contributed by atoms with Gasteiger partial charge in [-0.3, -0.25) is 4.79 Å². The molecule has 0 saturated carbocycles. The Bertz CT molecular complexity index is 650. The van der Waals surface area contributed by atoms with Gasteiger partial charge in [-0.25, -0.2) is 0 Å². The number of carbonyl (C=O) groups is 1. The number of amides is 1. The first kappa shape index (κ1) is 14.9. The third kappa shape index (κ3) is 3.54. The molecule has 0 atom stereocenters. The van der Waals surface area contributed by atoms with Crippen molar-refractivity contribution in [1.82, 2.24) is 4.90 Å². The normalized spacial score (nSPS) is 10.2. The maximum atomic E-state index is 12.0. The van der Waals surface area contributed by atoms with Crippen LogP contribution in [0.1, 0.15) is 22.8 Å². The van der Waals surface area contributed by atoms with Gasteiger partial charge in [-0.2, -0.15) is 0 Å². The molecule has 0 radical (unpaired) electrons. The molecule has 0 aromatic heterocycles. The Morgan fingerprint density at radius 3 is 2.62 bits per heavy atom. The molecule has 0 aliphatic carbocycles. The van der Waals surface area contributed by atoms with Crippen molar-refractivity contribution in [3.63, 3.8) is 0 Å². The van der Waals surface area contributed by atoms with Gasteiger partial charge >= 0.3 is 0 Å². The molecule has 1 amide bonds. The van der Waals surface area contributed by atoms with Gasteiger partial charge in [-0.05, 0) is 42.3 Å². The zero-order chi connectivity index (χ0) is 15.4. The minimum atomic E-state index is -0.0413. The maximum absolute atomic E-state index is 12.0. The van der Waals surface area contributed by atoms with Crippen LogP contribution in [0.5, 0.6) is 0 Å². The second kappa shape index (κ2) is 6.31. The summed E-state index contributed by atoms with van der Waals surface area (Å²) in [6, 6.07) is 13.4. The van der Waals surface area contributed by atoms with Gasteiger partial charge < -0.3 is 16.0 Å². The Morgan fingerprint density at radius 1 is 1.19 bits per heavy atom. The van der Waals surface area contributed by atoms with Crippen molar-refractivity contribution in [3.05, 3.63) is 53.6 Å². The number of nitrogens with zero attached hydrogens (tertiary/aromatic N) is 1. The van der Waals surface area contributed by atoms with Crippen LogP contribution < -0.4 is 11.1 Å². The Labute approximate surface area is 125 Å². The van der Waals surface area contributed by atoms with E-state index in [1.165, 1.54) is 5.56 Å². The summed E-state index contributed by atoms with van der Waals surface area (Å²) in [5.41, 5.74) is 10.2. The minimum absolute atomic E-state index is 0.0413. The molecular formula is C17H21N3O. The van der Waals surface area contributed by atoms with Crippen LogP contribution in [-0.2, 0) is 6.42 Å². The molecule has 0 fully saturated rings. The lowest BCUT2D eigenvalue weighted by Crippen LogP contribution is -2.21. The summed E-state index contributed by atoms with van der Waals surface area (Å²) in [6.45, 7) is 2.11. The zero-order valence-corrected chi connectivity index (χ0v) is 12.7. The molecule has 21 heavy (non-hydrogen) atoms. The van der Waals surface area contributed by atoms with Crippen LogP contribution in [0.2, 0.25) is 0 Å². The lowest BCUT2D eigenvalue weighted by atomic mass is 10.1. The fourth-order valence-electron chi connectivity index (χ4n) is 2.08. The minimum Gasteiger partial charge on any atom is -0.397 e. The molecule has 2 rings (SSSR count). The predicted molar refractivity (Wildman–Crippen MR) is 88.0 cm³/mol. The Hall–Kier alpha value is -2.49. The largest absolute Gasteiger partial charge is 0.397 e.